The zero-order valence-corrected chi connectivity index (χ0v) is 12.3. The Kier molecular flexibility index (Phi) is 4.70. The van der Waals surface area contributed by atoms with Gasteiger partial charge in [-0.25, -0.2) is 0 Å². The van der Waals surface area contributed by atoms with Crippen molar-refractivity contribution >= 4 is 11.8 Å². The molecule has 0 saturated carbocycles. The summed E-state index contributed by atoms with van der Waals surface area (Å²) in [5.41, 5.74) is 0.876. The van der Waals surface area contributed by atoms with Crippen LogP contribution in [0.4, 0.5) is 0 Å². The number of nitrogens with one attached hydrogen (secondary N) is 1. The molecule has 0 aliphatic carbocycles. The number of fused-ring (bicyclic) bond motifs is 1. The maximum absolute atomic E-state index is 10.2. The van der Waals surface area contributed by atoms with Crippen molar-refractivity contribution < 1.29 is 14.6 Å². The van der Waals surface area contributed by atoms with Crippen LogP contribution in [0.3, 0.4) is 0 Å². The fourth-order valence-corrected chi connectivity index (χ4v) is 3.81. The lowest BCUT2D eigenvalue weighted by Gasteiger charge is -2.20. The minimum Gasteiger partial charge on any atom is -0.486 e. The van der Waals surface area contributed by atoms with Gasteiger partial charge in [-0.2, -0.15) is 11.8 Å². The zero-order chi connectivity index (χ0) is 13.8. The highest BCUT2D eigenvalue weighted by atomic mass is 32.2. The largest absolute Gasteiger partial charge is 0.486 e. The maximum atomic E-state index is 10.2. The summed E-state index contributed by atoms with van der Waals surface area (Å²) < 4.78 is 11.0. The van der Waals surface area contributed by atoms with Crippen molar-refractivity contribution in [3.8, 4) is 11.5 Å². The number of thioether (sulfide) groups is 1. The molecule has 2 atom stereocenters. The average molecular weight is 295 g/mol. The van der Waals surface area contributed by atoms with Crippen LogP contribution in [-0.4, -0.2) is 42.4 Å². The van der Waals surface area contributed by atoms with Gasteiger partial charge in [0, 0.05) is 18.3 Å². The third-order valence-electron chi connectivity index (χ3n) is 3.68. The highest BCUT2D eigenvalue weighted by Crippen LogP contribution is 2.32. The lowest BCUT2D eigenvalue weighted by atomic mass is 10.1. The molecular formula is C15H21NO3S. The van der Waals surface area contributed by atoms with Crippen molar-refractivity contribution in [1.82, 2.24) is 5.32 Å². The third-order valence-corrected chi connectivity index (χ3v) is 5.08. The fourth-order valence-electron chi connectivity index (χ4n) is 2.57. The van der Waals surface area contributed by atoms with E-state index in [-0.39, 0.29) is 0 Å². The quantitative estimate of drug-likeness (QED) is 0.870. The molecule has 0 amide bonds. The van der Waals surface area contributed by atoms with Crippen LogP contribution in [0.25, 0.3) is 0 Å². The standard InChI is InChI=1S/C15H21NO3S/c17-13(10-16-9-12-2-1-7-20-12)11-3-4-14-15(8-11)19-6-5-18-14/h3-4,8,12-13,16-17H,1-2,5-7,9-10H2. The topological polar surface area (TPSA) is 50.7 Å². The van der Waals surface area contributed by atoms with Gasteiger partial charge < -0.3 is 19.9 Å². The summed E-state index contributed by atoms with van der Waals surface area (Å²) in [6.07, 6.45) is 2.11. The summed E-state index contributed by atoms with van der Waals surface area (Å²) in [5, 5.41) is 14.3. The van der Waals surface area contributed by atoms with Crippen molar-refractivity contribution in [1.29, 1.82) is 0 Å². The molecule has 110 valence electrons. The molecule has 2 aliphatic rings. The van der Waals surface area contributed by atoms with E-state index in [1.807, 2.05) is 30.0 Å². The van der Waals surface area contributed by atoms with E-state index in [4.69, 9.17) is 9.47 Å². The number of ether oxygens (including phenoxy) is 2. The Bertz CT molecular complexity index is 449. The van der Waals surface area contributed by atoms with Gasteiger partial charge in [0.05, 0.1) is 6.10 Å². The highest BCUT2D eigenvalue weighted by Gasteiger charge is 2.17. The Balaban J connectivity index is 1.52. The van der Waals surface area contributed by atoms with Gasteiger partial charge in [0.2, 0.25) is 0 Å². The van der Waals surface area contributed by atoms with Gasteiger partial charge in [-0.05, 0) is 36.3 Å². The predicted molar refractivity (Wildman–Crippen MR) is 80.7 cm³/mol. The number of benzene rings is 1. The third kappa shape index (κ3) is 3.40. The monoisotopic (exact) mass is 295 g/mol. The normalized spacial score (nSPS) is 22.8. The van der Waals surface area contributed by atoms with Gasteiger partial charge >= 0.3 is 0 Å². The summed E-state index contributed by atoms with van der Waals surface area (Å²) in [5.74, 6) is 2.78. The Hall–Kier alpha value is -0.910. The summed E-state index contributed by atoms with van der Waals surface area (Å²) in [6, 6.07) is 5.66. The molecule has 2 heterocycles. The predicted octanol–water partition coefficient (Wildman–Crippen LogP) is 1.98. The lowest BCUT2D eigenvalue weighted by molar-refractivity contribution is 0.163. The molecule has 0 bridgehead atoms. The van der Waals surface area contributed by atoms with E-state index >= 15 is 0 Å². The second-order valence-electron chi connectivity index (χ2n) is 5.21. The molecular weight excluding hydrogens is 274 g/mol. The molecule has 3 rings (SSSR count). The number of hydrogen-bond donors (Lipinski definition) is 2. The SMILES string of the molecule is OC(CNCC1CCCS1)c1ccc2c(c1)OCCO2. The highest BCUT2D eigenvalue weighted by molar-refractivity contribution is 8.00. The van der Waals surface area contributed by atoms with E-state index in [0.29, 0.717) is 25.0 Å². The molecule has 4 nitrogen and oxygen atoms in total. The van der Waals surface area contributed by atoms with Crippen molar-refractivity contribution in [2.75, 3.05) is 32.1 Å². The Morgan fingerprint density at radius 1 is 1.30 bits per heavy atom. The molecule has 2 N–H and O–H groups in total. The zero-order valence-electron chi connectivity index (χ0n) is 11.5. The summed E-state index contributed by atoms with van der Waals surface area (Å²) in [4.78, 5) is 0. The molecule has 2 aliphatic heterocycles. The van der Waals surface area contributed by atoms with Gasteiger partial charge in [-0.1, -0.05) is 6.07 Å². The molecule has 1 fully saturated rings. The smallest absolute Gasteiger partial charge is 0.161 e. The number of hydrogen-bond acceptors (Lipinski definition) is 5. The van der Waals surface area contributed by atoms with Gasteiger partial charge in [-0.15, -0.1) is 0 Å². The maximum Gasteiger partial charge on any atom is 0.161 e. The van der Waals surface area contributed by atoms with Crippen LogP contribution >= 0.6 is 11.8 Å². The Morgan fingerprint density at radius 3 is 2.95 bits per heavy atom. The first-order valence-corrected chi connectivity index (χ1v) is 8.28. The first kappa shape index (κ1) is 14.0. The Morgan fingerprint density at radius 2 is 2.15 bits per heavy atom. The van der Waals surface area contributed by atoms with E-state index in [0.717, 1.165) is 23.6 Å². The summed E-state index contributed by atoms with van der Waals surface area (Å²) in [7, 11) is 0. The van der Waals surface area contributed by atoms with Crippen molar-refractivity contribution in [3.63, 3.8) is 0 Å². The van der Waals surface area contributed by atoms with E-state index < -0.39 is 6.10 Å². The second kappa shape index (κ2) is 6.70. The van der Waals surface area contributed by atoms with Gasteiger partial charge in [0.25, 0.3) is 0 Å². The van der Waals surface area contributed by atoms with Crippen LogP contribution in [0.15, 0.2) is 18.2 Å². The molecule has 0 radical (unpaired) electrons. The minimum atomic E-state index is -0.503. The van der Waals surface area contributed by atoms with Crippen LogP contribution in [0.1, 0.15) is 24.5 Å². The fraction of sp³-hybridized carbons (Fsp3) is 0.600. The first-order valence-electron chi connectivity index (χ1n) is 7.23. The molecule has 1 saturated heterocycles. The minimum absolute atomic E-state index is 0.503. The van der Waals surface area contributed by atoms with Gasteiger partial charge in [0.1, 0.15) is 13.2 Å². The van der Waals surface area contributed by atoms with E-state index in [2.05, 4.69) is 5.32 Å². The number of aliphatic hydroxyl groups excluding tert-OH is 1. The summed E-state index contributed by atoms with van der Waals surface area (Å²) >= 11 is 2.03. The van der Waals surface area contributed by atoms with Crippen molar-refractivity contribution in [2.24, 2.45) is 0 Å². The number of aliphatic hydroxyl groups is 1. The first-order chi connectivity index (χ1) is 9.83. The second-order valence-corrected chi connectivity index (χ2v) is 6.62. The van der Waals surface area contributed by atoms with E-state index in [9.17, 15) is 5.11 Å². The van der Waals surface area contributed by atoms with Crippen molar-refractivity contribution in [2.45, 2.75) is 24.2 Å². The molecule has 0 spiro atoms. The van der Waals surface area contributed by atoms with Crippen LogP contribution < -0.4 is 14.8 Å². The molecule has 5 heteroatoms. The summed E-state index contributed by atoms with van der Waals surface area (Å²) in [6.45, 7) is 2.72. The average Bonchev–Trinajstić information content (AvgIpc) is 3.00. The molecule has 1 aromatic rings. The molecule has 1 aromatic carbocycles. The molecule has 20 heavy (non-hydrogen) atoms. The van der Waals surface area contributed by atoms with Crippen LogP contribution in [0.2, 0.25) is 0 Å². The molecule has 0 aromatic heterocycles. The van der Waals surface area contributed by atoms with Crippen LogP contribution in [0.5, 0.6) is 11.5 Å². The van der Waals surface area contributed by atoms with Crippen LogP contribution in [0, 0.1) is 0 Å². The van der Waals surface area contributed by atoms with E-state index in [1.165, 1.54) is 18.6 Å². The van der Waals surface area contributed by atoms with Crippen LogP contribution in [-0.2, 0) is 0 Å². The van der Waals surface area contributed by atoms with Gasteiger partial charge in [-0.3, -0.25) is 0 Å². The van der Waals surface area contributed by atoms with E-state index in [1.54, 1.807) is 0 Å². The number of rotatable bonds is 5. The van der Waals surface area contributed by atoms with Crippen molar-refractivity contribution in [3.05, 3.63) is 23.8 Å². The molecule has 2 unspecified atom stereocenters. The van der Waals surface area contributed by atoms with Gasteiger partial charge in [0.15, 0.2) is 11.5 Å². The lowest BCUT2D eigenvalue weighted by Crippen LogP contribution is -2.27. The Labute approximate surface area is 123 Å².